The number of aromatic nitrogens is 2. The summed E-state index contributed by atoms with van der Waals surface area (Å²) in [6.45, 7) is 8.28. The fraction of sp³-hybridized carbons (Fsp3) is 0.259. The maximum Gasteiger partial charge on any atom is 0.260 e. The van der Waals surface area contributed by atoms with E-state index in [-0.39, 0.29) is 23.8 Å². The average Bonchev–Trinajstić information content (AvgIpc) is 3.12. The molecule has 1 atom stereocenters. The zero-order valence-electron chi connectivity index (χ0n) is 20.1. The van der Waals surface area contributed by atoms with Gasteiger partial charge >= 0.3 is 0 Å². The standard InChI is InChI=1S/C27H28ClN5O3/c1-4-23(34)29-19-10-6-9-18(17-19)26(36)31(3)27-30-22-13-7-12-21(28)25(22)33(27)20-11-8-15-32(16-14-20)24(35)5-2/h4-7,9-10,12-13,17,20H,1-2,8,11,14-16H2,3H3,(H,29,34). The van der Waals surface area contributed by atoms with Crippen molar-refractivity contribution in [2.75, 3.05) is 30.4 Å². The predicted octanol–water partition coefficient (Wildman–Crippen LogP) is 4.83. The van der Waals surface area contributed by atoms with E-state index in [1.54, 1.807) is 36.2 Å². The van der Waals surface area contributed by atoms with Gasteiger partial charge in [0.1, 0.15) is 0 Å². The minimum Gasteiger partial charge on any atom is -0.339 e. The molecule has 1 fully saturated rings. The van der Waals surface area contributed by atoms with Crippen LogP contribution >= 0.6 is 11.6 Å². The maximum atomic E-state index is 13.5. The Balaban J connectivity index is 1.71. The van der Waals surface area contributed by atoms with Gasteiger partial charge in [-0.2, -0.15) is 0 Å². The number of nitrogens with one attached hydrogen (secondary N) is 1. The number of carbonyl (C=O) groups is 3. The number of para-hydroxylation sites is 1. The lowest BCUT2D eigenvalue weighted by atomic mass is 10.1. The van der Waals surface area contributed by atoms with Crippen LogP contribution in [0.3, 0.4) is 0 Å². The van der Waals surface area contributed by atoms with Crippen LogP contribution < -0.4 is 10.2 Å². The normalized spacial score (nSPS) is 15.7. The predicted molar refractivity (Wildman–Crippen MR) is 142 cm³/mol. The Kier molecular flexibility index (Phi) is 7.55. The van der Waals surface area contributed by atoms with Crippen molar-refractivity contribution in [2.24, 2.45) is 0 Å². The van der Waals surface area contributed by atoms with Crippen molar-refractivity contribution >= 4 is 52.0 Å². The van der Waals surface area contributed by atoms with Gasteiger partial charge in [-0.3, -0.25) is 19.3 Å². The molecule has 0 radical (unpaired) electrons. The lowest BCUT2D eigenvalue weighted by molar-refractivity contribution is -0.126. The Morgan fingerprint density at radius 3 is 2.64 bits per heavy atom. The molecule has 8 nitrogen and oxygen atoms in total. The van der Waals surface area contributed by atoms with Crippen LogP contribution in [-0.4, -0.2) is 52.3 Å². The van der Waals surface area contributed by atoms with Gasteiger partial charge in [-0.1, -0.05) is 36.9 Å². The molecule has 9 heteroatoms. The molecule has 0 bridgehead atoms. The molecule has 3 amide bonds. The number of anilines is 2. The second-order valence-corrected chi connectivity index (χ2v) is 9.05. The highest BCUT2D eigenvalue weighted by atomic mass is 35.5. The van der Waals surface area contributed by atoms with Crippen molar-refractivity contribution in [3.05, 3.63) is 78.4 Å². The Labute approximate surface area is 214 Å². The third-order valence-electron chi connectivity index (χ3n) is 6.36. The first kappa shape index (κ1) is 25.2. The Morgan fingerprint density at radius 2 is 1.89 bits per heavy atom. The molecule has 0 spiro atoms. The van der Waals surface area contributed by atoms with Gasteiger partial charge in [-0.05, 0) is 61.7 Å². The molecule has 186 valence electrons. The van der Waals surface area contributed by atoms with Gasteiger partial charge in [0.05, 0.1) is 16.1 Å². The molecular formula is C27H28ClN5O3. The summed E-state index contributed by atoms with van der Waals surface area (Å²) in [6, 6.07) is 12.2. The number of hydrogen-bond acceptors (Lipinski definition) is 4. The summed E-state index contributed by atoms with van der Waals surface area (Å²) >= 11 is 6.63. The number of nitrogens with zero attached hydrogens (tertiary/aromatic N) is 4. The fourth-order valence-electron chi connectivity index (χ4n) is 4.57. The minimum atomic E-state index is -0.360. The van der Waals surface area contributed by atoms with Gasteiger partial charge in [0.25, 0.3) is 5.91 Å². The van der Waals surface area contributed by atoms with E-state index < -0.39 is 0 Å². The number of carbonyl (C=O) groups excluding carboxylic acids is 3. The van der Waals surface area contributed by atoms with Crippen molar-refractivity contribution in [1.82, 2.24) is 14.5 Å². The number of fused-ring (bicyclic) bond motifs is 1. The minimum absolute atomic E-state index is 0.0130. The lowest BCUT2D eigenvalue weighted by Crippen LogP contribution is -2.31. The topological polar surface area (TPSA) is 87.5 Å². The first-order chi connectivity index (χ1) is 17.3. The summed E-state index contributed by atoms with van der Waals surface area (Å²) < 4.78 is 2.03. The molecule has 1 unspecified atom stereocenters. The van der Waals surface area contributed by atoms with Crippen LogP contribution in [0.2, 0.25) is 5.02 Å². The third kappa shape index (κ3) is 5.04. The van der Waals surface area contributed by atoms with Crippen LogP contribution in [0, 0.1) is 0 Å². The summed E-state index contributed by atoms with van der Waals surface area (Å²) in [5.41, 5.74) is 2.33. The van der Waals surface area contributed by atoms with E-state index in [1.165, 1.54) is 17.1 Å². The van der Waals surface area contributed by atoms with Crippen molar-refractivity contribution in [3.8, 4) is 0 Å². The van der Waals surface area contributed by atoms with Crippen LogP contribution in [0.25, 0.3) is 11.0 Å². The molecule has 0 saturated carbocycles. The highest BCUT2D eigenvalue weighted by Gasteiger charge is 2.28. The van der Waals surface area contributed by atoms with E-state index in [4.69, 9.17) is 16.6 Å². The molecular weight excluding hydrogens is 478 g/mol. The fourth-order valence-corrected chi connectivity index (χ4v) is 4.83. The zero-order valence-corrected chi connectivity index (χ0v) is 20.9. The summed E-state index contributed by atoms with van der Waals surface area (Å²) in [6.07, 6.45) is 4.80. The number of imidazole rings is 1. The number of amides is 3. The van der Waals surface area contributed by atoms with E-state index in [0.717, 1.165) is 18.4 Å². The first-order valence-electron chi connectivity index (χ1n) is 11.7. The Bertz CT molecular complexity index is 1350. The van der Waals surface area contributed by atoms with E-state index in [9.17, 15) is 14.4 Å². The second-order valence-electron chi connectivity index (χ2n) is 8.64. The molecule has 1 saturated heterocycles. The average molecular weight is 506 g/mol. The van der Waals surface area contributed by atoms with Crippen LogP contribution in [0.1, 0.15) is 35.7 Å². The van der Waals surface area contributed by atoms with Crippen molar-refractivity contribution in [1.29, 1.82) is 0 Å². The van der Waals surface area contributed by atoms with Gasteiger partial charge in [0.15, 0.2) is 0 Å². The molecule has 4 rings (SSSR count). The van der Waals surface area contributed by atoms with E-state index in [1.807, 2.05) is 22.8 Å². The van der Waals surface area contributed by atoms with Gasteiger partial charge < -0.3 is 14.8 Å². The molecule has 1 aromatic heterocycles. The molecule has 1 N–H and O–H groups in total. The second kappa shape index (κ2) is 10.8. The van der Waals surface area contributed by atoms with Gasteiger partial charge in [0, 0.05) is 37.4 Å². The number of rotatable bonds is 6. The molecule has 0 aliphatic carbocycles. The molecule has 3 aromatic rings. The summed E-state index contributed by atoms with van der Waals surface area (Å²) in [4.78, 5) is 45.5. The quantitative estimate of drug-likeness (QED) is 0.486. The number of halogens is 1. The largest absolute Gasteiger partial charge is 0.339 e. The van der Waals surface area contributed by atoms with Gasteiger partial charge in [0.2, 0.25) is 17.8 Å². The SMILES string of the molecule is C=CC(=O)Nc1cccc(C(=O)N(C)c2nc3cccc(Cl)c3n2C2CCCN(C(=O)C=C)CC2)c1. The molecule has 1 aliphatic heterocycles. The van der Waals surface area contributed by atoms with E-state index in [0.29, 0.717) is 47.2 Å². The smallest absolute Gasteiger partial charge is 0.260 e. The van der Waals surface area contributed by atoms with Crippen LogP contribution in [-0.2, 0) is 9.59 Å². The summed E-state index contributed by atoms with van der Waals surface area (Å²) in [7, 11) is 1.67. The number of likely N-dealkylation sites (tertiary alicyclic amines) is 1. The monoisotopic (exact) mass is 505 g/mol. The van der Waals surface area contributed by atoms with Crippen LogP contribution in [0.4, 0.5) is 11.6 Å². The Hall–Kier alpha value is -3.91. The van der Waals surface area contributed by atoms with Crippen molar-refractivity contribution in [2.45, 2.75) is 25.3 Å². The van der Waals surface area contributed by atoms with Crippen molar-refractivity contribution < 1.29 is 14.4 Å². The molecule has 36 heavy (non-hydrogen) atoms. The zero-order chi connectivity index (χ0) is 25.8. The van der Waals surface area contributed by atoms with Crippen LogP contribution in [0.5, 0.6) is 0 Å². The molecule has 1 aliphatic rings. The first-order valence-corrected chi connectivity index (χ1v) is 12.1. The van der Waals surface area contributed by atoms with Gasteiger partial charge in [-0.25, -0.2) is 4.98 Å². The third-order valence-corrected chi connectivity index (χ3v) is 6.66. The number of benzene rings is 2. The molecule has 2 heterocycles. The van der Waals surface area contributed by atoms with Crippen LogP contribution in [0.15, 0.2) is 67.8 Å². The van der Waals surface area contributed by atoms with E-state index in [2.05, 4.69) is 18.5 Å². The summed E-state index contributed by atoms with van der Waals surface area (Å²) in [5.74, 6) is -0.256. The number of hydrogen-bond donors (Lipinski definition) is 1. The highest BCUT2D eigenvalue weighted by molar-refractivity contribution is 6.35. The maximum absolute atomic E-state index is 13.5. The van der Waals surface area contributed by atoms with Crippen molar-refractivity contribution in [3.63, 3.8) is 0 Å². The van der Waals surface area contributed by atoms with E-state index >= 15 is 0 Å². The lowest BCUT2D eigenvalue weighted by Gasteiger charge is -2.25. The summed E-state index contributed by atoms with van der Waals surface area (Å²) in [5, 5.41) is 3.22. The highest BCUT2D eigenvalue weighted by Crippen LogP contribution is 2.36. The molecule has 2 aromatic carbocycles. The Morgan fingerprint density at radius 1 is 1.11 bits per heavy atom. The van der Waals surface area contributed by atoms with Gasteiger partial charge in [-0.15, -0.1) is 0 Å².